The number of nitrogens with zero attached hydrogens (tertiary/aromatic N) is 1. The van der Waals surface area contributed by atoms with Crippen LogP contribution in [0.1, 0.15) is 15.4 Å². The van der Waals surface area contributed by atoms with Crippen molar-refractivity contribution in [1.29, 1.82) is 0 Å². The Bertz CT molecular complexity index is 805. The van der Waals surface area contributed by atoms with E-state index in [1.807, 2.05) is 6.07 Å². The van der Waals surface area contributed by atoms with Crippen LogP contribution >= 0.6 is 11.3 Å². The van der Waals surface area contributed by atoms with E-state index in [0.29, 0.717) is 27.1 Å². The van der Waals surface area contributed by atoms with Crippen molar-refractivity contribution < 1.29 is 28.9 Å². The van der Waals surface area contributed by atoms with Gasteiger partial charge >= 0.3 is 5.97 Å². The minimum absolute atomic E-state index is 0.131. The monoisotopic (exact) mass is 380 g/mol. The molecule has 2 rings (SSSR count). The molecule has 1 heterocycles. The van der Waals surface area contributed by atoms with Crippen LogP contribution in [0, 0.1) is 6.92 Å². The predicted octanol–water partition coefficient (Wildman–Crippen LogP) is 1.97. The van der Waals surface area contributed by atoms with E-state index in [0.717, 1.165) is 5.56 Å². The summed E-state index contributed by atoms with van der Waals surface area (Å²) >= 11 is 1.21. The Labute approximate surface area is 154 Å². The first-order valence-electron chi connectivity index (χ1n) is 7.64. The second-order valence-corrected chi connectivity index (χ2v) is 6.27. The summed E-state index contributed by atoms with van der Waals surface area (Å²) in [5, 5.41) is 12.2. The van der Waals surface area contributed by atoms with E-state index in [9.17, 15) is 9.59 Å². The molecule has 0 radical (unpaired) electrons. The number of carbonyl (C=O) groups excluding carboxylic acids is 1. The fourth-order valence-corrected chi connectivity index (χ4v) is 3.22. The molecule has 1 unspecified atom stereocenters. The zero-order chi connectivity index (χ0) is 19.3. The number of hydrogen-bond donors (Lipinski definition) is 2. The van der Waals surface area contributed by atoms with Crippen molar-refractivity contribution >= 4 is 23.2 Å². The van der Waals surface area contributed by atoms with Crippen molar-refractivity contribution in [3.8, 4) is 22.1 Å². The van der Waals surface area contributed by atoms with Gasteiger partial charge in [-0.2, -0.15) is 0 Å². The summed E-state index contributed by atoms with van der Waals surface area (Å²) in [6.45, 7) is 1.59. The molecule has 9 heteroatoms. The second-order valence-electron chi connectivity index (χ2n) is 5.28. The van der Waals surface area contributed by atoms with E-state index in [-0.39, 0.29) is 6.54 Å². The number of nitrogens with one attached hydrogen (secondary N) is 1. The highest BCUT2D eigenvalue weighted by molar-refractivity contribution is 7.17. The topological polar surface area (TPSA) is 107 Å². The lowest BCUT2D eigenvalue weighted by molar-refractivity contribution is -0.148. The van der Waals surface area contributed by atoms with Gasteiger partial charge in [-0.15, -0.1) is 11.3 Å². The van der Waals surface area contributed by atoms with Crippen LogP contribution in [0.15, 0.2) is 18.2 Å². The summed E-state index contributed by atoms with van der Waals surface area (Å²) in [7, 11) is 4.37. The number of rotatable bonds is 8. The number of methoxy groups -OCH3 is 3. The maximum atomic E-state index is 12.3. The number of carboxylic acid groups (broad SMARTS) is 1. The summed E-state index contributed by atoms with van der Waals surface area (Å²) in [6, 6.07) is 5.37. The largest absolute Gasteiger partial charge is 0.493 e. The van der Waals surface area contributed by atoms with Gasteiger partial charge < -0.3 is 24.6 Å². The first kappa shape index (κ1) is 19.7. The first-order valence-corrected chi connectivity index (χ1v) is 8.46. The van der Waals surface area contributed by atoms with Crippen molar-refractivity contribution in [3.05, 3.63) is 28.8 Å². The minimum Gasteiger partial charge on any atom is -0.493 e. The van der Waals surface area contributed by atoms with Gasteiger partial charge in [0.1, 0.15) is 9.88 Å². The normalized spacial score (nSPS) is 11.7. The van der Waals surface area contributed by atoms with E-state index in [1.54, 1.807) is 33.3 Å². The molecule has 2 N–H and O–H groups in total. The molecule has 0 bridgehead atoms. The van der Waals surface area contributed by atoms with Gasteiger partial charge in [-0.05, 0) is 25.1 Å². The fourth-order valence-electron chi connectivity index (χ4n) is 2.24. The molecule has 0 aliphatic carbocycles. The van der Waals surface area contributed by atoms with Gasteiger partial charge in [0.05, 0.1) is 26.5 Å². The minimum atomic E-state index is -1.14. The number of thiazole rings is 1. The number of aliphatic carboxylic acids is 1. The van der Waals surface area contributed by atoms with Gasteiger partial charge in [0.2, 0.25) is 0 Å². The van der Waals surface area contributed by atoms with Crippen LogP contribution in [-0.2, 0) is 9.53 Å². The first-order chi connectivity index (χ1) is 12.4. The van der Waals surface area contributed by atoms with E-state index in [1.165, 1.54) is 18.4 Å². The van der Waals surface area contributed by atoms with Gasteiger partial charge in [-0.25, -0.2) is 9.78 Å². The Morgan fingerprint density at radius 1 is 1.23 bits per heavy atom. The Morgan fingerprint density at radius 3 is 2.50 bits per heavy atom. The number of hydrogen-bond acceptors (Lipinski definition) is 7. The molecule has 0 fully saturated rings. The van der Waals surface area contributed by atoms with Crippen LogP contribution < -0.4 is 14.8 Å². The molecular weight excluding hydrogens is 360 g/mol. The maximum absolute atomic E-state index is 12.3. The third-order valence-electron chi connectivity index (χ3n) is 3.64. The molecule has 2 aromatic rings. The SMILES string of the molecule is COc1ccc(-c2nc(C)c(C(=O)NCC(OC)C(=O)O)s2)cc1OC. The van der Waals surface area contributed by atoms with Gasteiger partial charge in [-0.1, -0.05) is 0 Å². The average molecular weight is 380 g/mol. The summed E-state index contributed by atoms with van der Waals surface area (Å²) in [4.78, 5) is 28.1. The molecule has 8 nitrogen and oxygen atoms in total. The van der Waals surface area contributed by atoms with Crippen molar-refractivity contribution in [2.75, 3.05) is 27.9 Å². The van der Waals surface area contributed by atoms with Crippen LogP contribution in [0.2, 0.25) is 0 Å². The zero-order valence-electron chi connectivity index (χ0n) is 14.9. The summed E-state index contributed by atoms with van der Waals surface area (Å²) < 4.78 is 15.3. The molecule has 140 valence electrons. The smallest absolute Gasteiger partial charge is 0.334 e. The molecule has 1 atom stereocenters. The molecule has 1 aromatic heterocycles. The van der Waals surface area contributed by atoms with Crippen LogP contribution in [0.25, 0.3) is 10.6 Å². The number of carbonyl (C=O) groups is 2. The number of benzene rings is 1. The molecule has 26 heavy (non-hydrogen) atoms. The van der Waals surface area contributed by atoms with Gasteiger partial charge in [0, 0.05) is 12.7 Å². The van der Waals surface area contributed by atoms with Crippen LogP contribution in [0.4, 0.5) is 0 Å². The van der Waals surface area contributed by atoms with Crippen molar-refractivity contribution in [1.82, 2.24) is 10.3 Å². The van der Waals surface area contributed by atoms with Crippen molar-refractivity contribution in [2.45, 2.75) is 13.0 Å². The Morgan fingerprint density at radius 2 is 1.92 bits per heavy atom. The molecule has 0 aliphatic heterocycles. The highest BCUT2D eigenvalue weighted by Gasteiger charge is 2.21. The van der Waals surface area contributed by atoms with Crippen LogP contribution in [0.5, 0.6) is 11.5 Å². The van der Waals surface area contributed by atoms with Gasteiger partial charge in [-0.3, -0.25) is 4.79 Å². The number of carboxylic acids is 1. The van der Waals surface area contributed by atoms with Crippen molar-refractivity contribution in [2.24, 2.45) is 0 Å². The molecule has 0 saturated carbocycles. The van der Waals surface area contributed by atoms with Crippen LogP contribution in [-0.4, -0.2) is 55.9 Å². The number of ether oxygens (including phenoxy) is 3. The van der Waals surface area contributed by atoms with Crippen LogP contribution in [0.3, 0.4) is 0 Å². The predicted molar refractivity (Wildman–Crippen MR) is 96.2 cm³/mol. The Kier molecular flexibility index (Phi) is 6.53. The van der Waals surface area contributed by atoms with Gasteiger partial charge in [0.25, 0.3) is 5.91 Å². The Hall–Kier alpha value is -2.65. The van der Waals surface area contributed by atoms with E-state index in [2.05, 4.69) is 10.3 Å². The lowest BCUT2D eigenvalue weighted by Gasteiger charge is -2.10. The summed E-state index contributed by atoms with van der Waals surface area (Å²) in [5.74, 6) is -0.370. The molecular formula is C17H20N2O6S. The lowest BCUT2D eigenvalue weighted by atomic mass is 10.2. The summed E-state index contributed by atoms with van der Waals surface area (Å²) in [5.41, 5.74) is 1.34. The van der Waals surface area contributed by atoms with E-state index in [4.69, 9.17) is 19.3 Å². The molecule has 0 aliphatic rings. The molecule has 1 aromatic carbocycles. The maximum Gasteiger partial charge on any atom is 0.334 e. The molecule has 1 amide bonds. The molecule has 0 saturated heterocycles. The zero-order valence-corrected chi connectivity index (χ0v) is 15.7. The average Bonchev–Trinajstić information content (AvgIpc) is 3.03. The number of aryl methyl sites for hydroxylation is 1. The fraction of sp³-hybridized carbons (Fsp3) is 0.353. The van der Waals surface area contributed by atoms with Crippen molar-refractivity contribution in [3.63, 3.8) is 0 Å². The lowest BCUT2D eigenvalue weighted by Crippen LogP contribution is -2.37. The number of amides is 1. The summed E-state index contributed by atoms with van der Waals surface area (Å²) in [6.07, 6.45) is -1.10. The quantitative estimate of drug-likeness (QED) is 0.721. The third-order valence-corrected chi connectivity index (χ3v) is 4.85. The van der Waals surface area contributed by atoms with E-state index < -0.39 is 18.0 Å². The van der Waals surface area contributed by atoms with Gasteiger partial charge in [0.15, 0.2) is 17.6 Å². The Balaban J connectivity index is 2.21. The standard InChI is InChI=1S/C17H20N2O6S/c1-9-14(15(20)18-8-13(25-4)17(21)22)26-16(19-9)10-5-6-11(23-2)12(7-10)24-3/h5-7,13H,8H2,1-4H3,(H,18,20)(H,21,22). The van der Waals surface area contributed by atoms with E-state index >= 15 is 0 Å². The highest BCUT2D eigenvalue weighted by atomic mass is 32.1. The third kappa shape index (κ3) is 4.30. The molecule has 0 spiro atoms. The number of aromatic nitrogens is 1. The highest BCUT2D eigenvalue weighted by Crippen LogP contribution is 2.34. The second kappa shape index (κ2) is 8.63.